The van der Waals surface area contributed by atoms with E-state index in [2.05, 4.69) is 13.3 Å². The highest BCUT2D eigenvalue weighted by Crippen LogP contribution is 1.96. The van der Waals surface area contributed by atoms with Crippen molar-refractivity contribution in [2.75, 3.05) is 0 Å². The second-order valence-electron chi connectivity index (χ2n) is 3.62. The molecule has 0 radical (unpaired) electrons. The number of aliphatic hydroxyl groups is 1. The summed E-state index contributed by atoms with van der Waals surface area (Å²) in [7, 11) is 0. The van der Waals surface area contributed by atoms with Crippen LogP contribution in [-0.4, -0.2) is 5.11 Å². The molecule has 0 spiro atoms. The van der Waals surface area contributed by atoms with Crippen LogP contribution in [0.3, 0.4) is 0 Å². The molecule has 0 saturated heterocycles. The minimum atomic E-state index is -0.00694. The molecular weight excluding hydrogens is 284 g/mol. The number of rotatable bonds is 1. The Bertz CT molecular complexity index is 464. The van der Waals surface area contributed by atoms with Gasteiger partial charge in [-0.3, -0.25) is 0 Å². The van der Waals surface area contributed by atoms with E-state index in [-0.39, 0.29) is 6.61 Å². The van der Waals surface area contributed by atoms with Crippen LogP contribution < -0.4 is 0 Å². The van der Waals surface area contributed by atoms with Crippen molar-refractivity contribution >= 4 is 0 Å². The van der Waals surface area contributed by atoms with Crippen molar-refractivity contribution < 1.29 is 22.8 Å². The van der Waals surface area contributed by atoms with Gasteiger partial charge in [-0.1, -0.05) is 0 Å². The first-order valence-electron chi connectivity index (χ1n) is 6.48. The minimum absolute atomic E-state index is 0.00694. The molecule has 0 fully saturated rings. The number of aliphatic hydroxyl groups excluding tert-OH is 1. The zero-order chi connectivity index (χ0) is 15.7. The molecule has 0 amide bonds. The Kier molecular flexibility index (Phi) is 10.2. The van der Waals surface area contributed by atoms with Crippen LogP contribution in [0.4, 0.5) is 0 Å². The average molecular weight is 302 g/mol. The molecular formula is C17H18O5. The lowest BCUT2D eigenvalue weighted by atomic mass is 10.5. The van der Waals surface area contributed by atoms with Crippen molar-refractivity contribution in [2.45, 2.75) is 6.61 Å². The highest BCUT2D eigenvalue weighted by molar-refractivity contribution is 4.95. The predicted octanol–water partition coefficient (Wildman–Crippen LogP) is 4.61. The summed E-state index contributed by atoms with van der Waals surface area (Å²) in [4.78, 5) is 0. The molecule has 5 heteroatoms. The predicted molar refractivity (Wildman–Crippen MR) is 80.8 cm³/mol. The average Bonchev–Trinajstić information content (AvgIpc) is 3.44. The molecule has 0 aliphatic carbocycles. The standard InChI is InChI=1S/C5H6O2.3C4H4O/c6-4-5-2-1-3-7-5;3*1-2-4-5-3-1/h1-3,6H,4H2;3*1-4H. The van der Waals surface area contributed by atoms with Crippen LogP contribution in [0.15, 0.2) is 110 Å². The molecule has 0 aliphatic heterocycles. The molecule has 4 aromatic rings. The fraction of sp³-hybridized carbons (Fsp3) is 0.0588. The lowest BCUT2D eigenvalue weighted by molar-refractivity contribution is 0.247. The summed E-state index contributed by atoms with van der Waals surface area (Å²) in [5, 5.41) is 8.33. The Morgan fingerprint density at radius 3 is 1.14 bits per heavy atom. The number of hydrogen-bond acceptors (Lipinski definition) is 5. The maximum Gasteiger partial charge on any atom is 0.129 e. The highest BCUT2D eigenvalue weighted by Gasteiger charge is 1.85. The van der Waals surface area contributed by atoms with Crippen LogP contribution in [0.1, 0.15) is 5.76 Å². The fourth-order valence-corrected chi connectivity index (χ4v) is 1.08. The first-order valence-corrected chi connectivity index (χ1v) is 6.48. The van der Waals surface area contributed by atoms with Crippen molar-refractivity contribution in [1.29, 1.82) is 0 Å². The van der Waals surface area contributed by atoms with Gasteiger partial charge in [0, 0.05) is 0 Å². The number of furan rings is 4. The second-order valence-corrected chi connectivity index (χ2v) is 3.62. The molecule has 0 atom stereocenters. The van der Waals surface area contributed by atoms with Gasteiger partial charge in [0.1, 0.15) is 12.4 Å². The SMILES string of the molecule is OCc1ccco1.c1ccoc1.c1ccoc1.c1ccoc1. The maximum absolute atomic E-state index is 8.33. The summed E-state index contributed by atoms with van der Waals surface area (Å²) in [5.74, 6) is 0.611. The van der Waals surface area contributed by atoms with E-state index in [0.29, 0.717) is 5.76 Å². The lowest BCUT2D eigenvalue weighted by Gasteiger charge is -1.79. The molecule has 0 unspecified atom stereocenters. The van der Waals surface area contributed by atoms with Gasteiger partial charge in [-0.2, -0.15) is 0 Å². The quantitative estimate of drug-likeness (QED) is 0.556. The highest BCUT2D eigenvalue weighted by atomic mass is 16.4. The third kappa shape index (κ3) is 9.94. The maximum atomic E-state index is 8.33. The molecule has 1 N–H and O–H groups in total. The van der Waals surface area contributed by atoms with Gasteiger partial charge < -0.3 is 22.8 Å². The van der Waals surface area contributed by atoms with Crippen molar-refractivity contribution in [3.63, 3.8) is 0 Å². The van der Waals surface area contributed by atoms with Gasteiger partial charge in [-0.25, -0.2) is 0 Å². The summed E-state index contributed by atoms with van der Waals surface area (Å²) in [6.45, 7) is -0.00694. The van der Waals surface area contributed by atoms with E-state index in [1.165, 1.54) is 6.26 Å². The third-order valence-corrected chi connectivity index (χ3v) is 2.01. The molecule has 0 aliphatic rings. The van der Waals surface area contributed by atoms with Gasteiger partial charge in [0.05, 0.1) is 43.8 Å². The van der Waals surface area contributed by atoms with Gasteiger partial charge in [-0.05, 0) is 48.5 Å². The Morgan fingerprint density at radius 2 is 1.00 bits per heavy atom. The van der Waals surface area contributed by atoms with Gasteiger partial charge in [0.25, 0.3) is 0 Å². The van der Waals surface area contributed by atoms with E-state index < -0.39 is 0 Å². The summed E-state index contributed by atoms with van der Waals surface area (Å²) < 4.78 is 18.5. The molecule has 0 bridgehead atoms. The molecule has 0 saturated carbocycles. The molecule has 116 valence electrons. The summed E-state index contributed by atoms with van der Waals surface area (Å²) in [5.41, 5.74) is 0. The monoisotopic (exact) mass is 302 g/mol. The Hall–Kier alpha value is -2.92. The van der Waals surface area contributed by atoms with E-state index >= 15 is 0 Å². The van der Waals surface area contributed by atoms with Crippen LogP contribution in [0, 0.1) is 0 Å². The summed E-state index contributed by atoms with van der Waals surface area (Å²) in [6.07, 6.45) is 11.3. The molecule has 4 rings (SSSR count). The van der Waals surface area contributed by atoms with Crippen molar-refractivity contribution in [1.82, 2.24) is 0 Å². The van der Waals surface area contributed by atoms with Crippen molar-refractivity contribution in [3.05, 3.63) is 98.1 Å². The lowest BCUT2D eigenvalue weighted by Crippen LogP contribution is -1.72. The molecule has 5 nitrogen and oxygen atoms in total. The van der Waals surface area contributed by atoms with Crippen molar-refractivity contribution in [3.8, 4) is 0 Å². The normalized spacial score (nSPS) is 8.41. The summed E-state index contributed by atoms with van der Waals surface area (Å²) >= 11 is 0. The van der Waals surface area contributed by atoms with Crippen LogP contribution in [0.25, 0.3) is 0 Å². The number of hydrogen-bond donors (Lipinski definition) is 1. The Morgan fingerprint density at radius 1 is 0.591 bits per heavy atom. The Labute approximate surface area is 128 Å². The third-order valence-electron chi connectivity index (χ3n) is 2.01. The second kappa shape index (κ2) is 13.1. The van der Waals surface area contributed by atoms with E-state index in [0.717, 1.165) is 0 Å². The van der Waals surface area contributed by atoms with Crippen LogP contribution >= 0.6 is 0 Å². The zero-order valence-corrected chi connectivity index (χ0v) is 11.9. The first-order chi connectivity index (χ1) is 10.9. The fourth-order valence-electron chi connectivity index (χ4n) is 1.08. The van der Waals surface area contributed by atoms with Gasteiger partial charge in [0.15, 0.2) is 0 Å². The minimum Gasteiger partial charge on any atom is -0.473 e. The van der Waals surface area contributed by atoms with E-state index in [4.69, 9.17) is 9.52 Å². The topological polar surface area (TPSA) is 72.8 Å². The largest absolute Gasteiger partial charge is 0.473 e. The van der Waals surface area contributed by atoms with Crippen LogP contribution in [0.2, 0.25) is 0 Å². The molecule has 4 heterocycles. The van der Waals surface area contributed by atoms with E-state index in [1.54, 1.807) is 49.7 Å². The summed E-state index contributed by atoms with van der Waals surface area (Å²) in [6, 6.07) is 14.5. The van der Waals surface area contributed by atoms with Crippen LogP contribution in [0.5, 0.6) is 0 Å². The van der Waals surface area contributed by atoms with Gasteiger partial charge in [-0.15, -0.1) is 0 Å². The first kappa shape index (κ1) is 17.1. The van der Waals surface area contributed by atoms with Gasteiger partial charge >= 0.3 is 0 Å². The zero-order valence-electron chi connectivity index (χ0n) is 11.9. The van der Waals surface area contributed by atoms with Gasteiger partial charge in [0.2, 0.25) is 0 Å². The smallest absolute Gasteiger partial charge is 0.129 e. The molecule has 0 aromatic carbocycles. The van der Waals surface area contributed by atoms with Crippen LogP contribution in [-0.2, 0) is 6.61 Å². The molecule has 22 heavy (non-hydrogen) atoms. The van der Waals surface area contributed by atoms with Crippen molar-refractivity contribution in [2.24, 2.45) is 0 Å². The van der Waals surface area contributed by atoms with E-state index in [1.807, 2.05) is 36.4 Å². The molecule has 4 aromatic heterocycles. The Balaban J connectivity index is 0.000000148. The van der Waals surface area contributed by atoms with E-state index in [9.17, 15) is 0 Å².